The van der Waals surface area contributed by atoms with Gasteiger partial charge in [-0.05, 0) is 36.6 Å². The molecule has 0 aliphatic heterocycles. The van der Waals surface area contributed by atoms with Crippen LogP contribution in [-0.2, 0) is 4.79 Å². The zero-order chi connectivity index (χ0) is 12.8. The highest BCUT2D eigenvalue weighted by atomic mass is 16.5. The van der Waals surface area contributed by atoms with Gasteiger partial charge in [0.1, 0.15) is 12.4 Å². The number of nitrogens with one attached hydrogen (secondary N) is 1. The molecule has 4 heteroatoms. The number of carbonyl (C=O) groups excluding carboxylic acids is 1. The second-order valence-corrected chi connectivity index (χ2v) is 4.63. The molecule has 1 aromatic rings. The SMILES string of the molecule is O=C(CCC1CC1)Nc1ccc(OCCO)cc1. The van der Waals surface area contributed by atoms with Gasteiger partial charge < -0.3 is 15.2 Å². The molecular weight excluding hydrogens is 230 g/mol. The number of ether oxygens (including phenoxy) is 1. The smallest absolute Gasteiger partial charge is 0.224 e. The molecule has 1 aliphatic carbocycles. The van der Waals surface area contributed by atoms with Gasteiger partial charge in [-0.2, -0.15) is 0 Å². The van der Waals surface area contributed by atoms with Crippen LogP contribution in [0.4, 0.5) is 5.69 Å². The van der Waals surface area contributed by atoms with E-state index in [1.807, 2.05) is 12.1 Å². The van der Waals surface area contributed by atoms with Crippen molar-refractivity contribution in [3.63, 3.8) is 0 Å². The summed E-state index contributed by atoms with van der Waals surface area (Å²) in [6.45, 7) is 0.284. The van der Waals surface area contributed by atoms with Gasteiger partial charge in [-0.1, -0.05) is 12.8 Å². The molecule has 1 aliphatic rings. The standard InChI is InChI=1S/C14H19NO3/c16-9-10-18-13-6-4-12(5-7-13)15-14(17)8-3-11-1-2-11/h4-7,11,16H,1-3,8-10H2,(H,15,17). The minimum absolute atomic E-state index is 0.000343. The number of hydrogen-bond acceptors (Lipinski definition) is 3. The lowest BCUT2D eigenvalue weighted by Gasteiger charge is -2.07. The van der Waals surface area contributed by atoms with Gasteiger partial charge in [-0.3, -0.25) is 4.79 Å². The van der Waals surface area contributed by atoms with Crippen molar-refractivity contribution in [2.24, 2.45) is 5.92 Å². The molecule has 0 radical (unpaired) electrons. The van der Waals surface area contributed by atoms with E-state index in [0.717, 1.165) is 18.0 Å². The van der Waals surface area contributed by atoms with Crippen molar-refractivity contribution in [2.45, 2.75) is 25.7 Å². The lowest BCUT2D eigenvalue weighted by atomic mass is 10.2. The fourth-order valence-electron chi connectivity index (χ4n) is 1.76. The summed E-state index contributed by atoms with van der Waals surface area (Å²) in [5.74, 6) is 1.55. The first kappa shape index (κ1) is 12.9. The van der Waals surface area contributed by atoms with Crippen LogP contribution in [0.5, 0.6) is 5.75 Å². The van der Waals surface area contributed by atoms with Crippen LogP contribution in [0.2, 0.25) is 0 Å². The highest BCUT2D eigenvalue weighted by molar-refractivity contribution is 5.90. The first-order chi connectivity index (χ1) is 8.78. The molecule has 0 aromatic heterocycles. The summed E-state index contributed by atoms with van der Waals surface area (Å²) < 4.78 is 5.24. The topological polar surface area (TPSA) is 58.6 Å². The quantitative estimate of drug-likeness (QED) is 0.778. The molecule has 1 aromatic carbocycles. The Hall–Kier alpha value is -1.55. The summed E-state index contributed by atoms with van der Waals surface area (Å²) in [5.41, 5.74) is 0.784. The van der Waals surface area contributed by atoms with Crippen molar-refractivity contribution in [2.75, 3.05) is 18.5 Å². The van der Waals surface area contributed by atoms with Crippen LogP contribution in [0.1, 0.15) is 25.7 Å². The summed E-state index contributed by atoms with van der Waals surface area (Å²) in [5, 5.41) is 11.5. The Morgan fingerprint density at radius 3 is 2.67 bits per heavy atom. The number of rotatable bonds is 7. The zero-order valence-electron chi connectivity index (χ0n) is 10.4. The van der Waals surface area contributed by atoms with Gasteiger partial charge in [0.15, 0.2) is 0 Å². The van der Waals surface area contributed by atoms with Crippen molar-refractivity contribution in [3.8, 4) is 5.75 Å². The molecule has 0 spiro atoms. The predicted octanol–water partition coefficient (Wildman–Crippen LogP) is 2.19. The number of amides is 1. The minimum Gasteiger partial charge on any atom is -0.491 e. The van der Waals surface area contributed by atoms with Gasteiger partial charge in [-0.15, -0.1) is 0 Å². The fourth-order valence-corrected chi connectivity index (χ4v) is 1.76. The third kappa shape index (κ3) is 4.37. The first-order valence-corrected chi connectivity index (χ1v) is 6.41. The third-order valence-electron chi connectivity index (χ3n) is 2.97. The highest BCUT2D eigenvalue weighted by Crippen LogP contribution is 2.33. The summed E-state index contributed by atoms with van der Waals surface area (Å²) >= 11 is 0. The maximum Gasteiger partial charge on any atom is 0.224 e. The second kappa shape index (κ2) is 6.40. The van der Waals surface area contributed by atoms with Gasteiger partial charge in [0.05, 0.1) is 6.61 Å². The van der Waals surface area contributed by atoms with Gasteiger partial charge in [0, 0.05) is 12.1 Å². The number of aliphatic hydroxyl groups excluding tert-OH is 1. The Balaban J connectivity index is 1.75. The Kier molecular flexibility index (Phi) is 4.59. The third-order valence-corrected chi connectivity index (χ3v) is 2.97. The Morgan fingerprint density at radius 2 is 2.06 bits per heavy atom. The lowest BCUT2D eigenvalue weighted by Crippen LogP contribution is -2.11. The minimum atomic E-state index is -0.000343. The Labute approximate surface area is 107 Å². The van der Waals surface area contributed by atoms with E-state index >= 15 is 0 Å². The van der Waals surface area contributed by atoms with Gasteiger partial charge in [0.2, 0.25) is 5.91 Å². The van der Waals surface area contributed by atoms with Crippen LogP contribution in [0.15, 0.2) is 24.3 Å². The van der Waals surface area contributed by atoms with Crippen molar-refractivity contribution >= 4 is 11.6 Å². The molecule has 1 saturated carbocycles. The van der Waals surface area contributed by atoms with E-state index in [-0.39, 0.29) is 19.1 Å². The lowest BCUT2D eigenvalue weighted by molar-refractivity contribution is -0.116. The van der Waals surface area contributed by atoms with E-state index < -0.39 is 0 Å². The summed E-state index contributed by atoms with van der Waals surface area (Å²) in [6, 6.07) is 7.18. The maximum atomic E-state index is 11.6. The van der Waals surface area contributed by atoms with Crippen LogP contribution in [-0.4, -0.2) is 24.2 Å². The average molecular weight is 249 g/mol. The highest BCUT2D eigenvalue weighted by Gasteiger charge is 2.21. The number of carbonyl (C=O) groups is 1. The van der Waals surface area contributed by atoms with E-state index in [1.54, 1.807) is 12.1 Å². The summed E-state index contributed by atoms with van der Waals surface area (Å²) in [6.07, 6.45) is 4.17. The molecule has 0 heterocycles. The van der Waals surface area contributed by atoms with Crippen molar-refractivity contribution in [3.05, 3.63) is 24.3 Å². The van der Waals surface area contributed by atoms with Crippen LogP contribution in [0.3, 0.4) is 0 Å². The fraction of sp³-hybridized carbons (Fsp3) is 0.500. The number of aliphatic hydroxyl groups is 1. The molecule has 2 rings (SSSR count). The molecule has 18 heavy (non-hydrogen) atoms. The summed E-state index contributed by atoms with van der Waals surface area (Å²) in [4.78, 5) is 11.6. The van der Waals surface area contributed by atoms with Gasteiger partial charge in [0.25, 0.3) is 0 Å². The monoisotopic (exact) mass is 249 g/mol. The molecule has 1 amide bonds. The Morgan fingerprint density at radius 1 is 1.33 bits per heavy atom. The van der Waals surface area contributed by atoms with E-state index in [1.165, 1.54) is 12.8 Å². The molecule has 0 bridgehead atoms. The van der Waals surface area contributed by atoms with Gasteiger partial charge in [-0.25, -0.2) is 0 Å². The summed E-state index contributed by atoms with van der Waals surface area (Å²) in [7, 11) is 0. The normalized spacial score (nSPS) is 14.3. The molecular formula is C14H19NO3. The van der Waals surface area contributed by atoms with Crippen LogP contribution in [0, 0.1) is 5.92 Å². The van der Waals surface area contributed by atoms with E-state index in [4.69, 9.17) is 9.84 Å². The molecule has 0 atom stereocenters. The first-order valence-electron chi connectivity index (χ1n) is 6.41. The number of anilines is 1. The van der Waals surface area contributed by atoms with E-state index in [9.17, 15) is 4.79 Å². The second-order valence-electron chi connectivity index (χ2n) is 4.63. The van der Waals surface area contributed by atoms with Crippen molar-refractivity contribution in [1.29, 1.82) is 0 Å². The van der Waals surface area contributed by atoms with Crippen LogP contribution >= 0.6 is 0 Å². The van der Waals surface area contributed by atoms with E-state index in [0.29, 0.717) is 12.2 Å². The predicted molar refractivity (Wildman–Crippen MR) is 69.6 cm³/mol. The molecule has 0 unspecified atom stereocenters. The molecule has 4 nitrogen and oxygen atoms in total. The Bertz CT molecular complexity index is 385. The molecule has 0 saturated heterocycles. The molecule has 1 fully saturated rings. The number of benzene rings is 1. The van der Waals surface area contributed by atoms with Crippen molar-refractivity contribution < 1.29 is 14.6 Å². The maximum absolute atomic E-state index is 11.6. The van der Waals surface area contributed by atoms with Crippen LogP contribution < -0.4 is 10.1 Å². The van der Waals surface area contributed by atoms with E-state index in [2.05, 4.69) is 5.32 Å². The molecule has 98 valence electrons. The number of hydrogen-bond donors (Lipinski definition) is 2. The molecule has 2 N–H and O–H groups in total. The van der Waals surface area contributed by atoms with Gasteiger partial charge >= 0.3 is 0 Å². The largest absolute Gasteiger partial charge is 0.491 e. The zero-order valence-corrected chi connectivity index (χ0v) is 10.4. The average Bonchev–Trinajstić information content (AvgIpc) is 3.20. The van der Waals surface area contributed by atoms with Crippen LogP contribution in [0.25, 0.3) is 0 Å². The van der Waals surface area contributed by atoms with Crippen molar-refractivity contribution in [1.82, 2.24) is 0 Å².